The van der Waals surface area contributed by atoms with Gasteiger partial charge in [-0.25, -0.2) is 4.79 Å². The average molecular weight is 532 g/mol. The summed E-state index contributed by atoms with van der Waals surface area (Å²) < 4.78 is 17.2. The van der Waals surface area contributed by atoms with Crippen LogP contribution in [0.2, 0.25) is 0 Å². The van der Waals surface area contributed by atoms with Crippen LogP contribution in [0.4, 0.5) is 5.00 Å². The van der Waals surface area contributed by atoms with E-state index < -0.39 is 5.97 Å². The summed E-state index contributed by atoms with van der Waals surface area (Å²) >= 11 is 4.77. The summed E-state index contributed by atoms with van der Waals surface area (Å²) in [6.45, 7) is 6.25. The summed E-state index contributed by atoms with van der Waals surface area (Å²) in [6, 6.07) is 13.2. The van der Waals surface area contributed by atoms with Crippen LogP contribution in [0.1, 0.15) is 34.6 Å². The van der Waals surface area contributed by atoms with Gasteiger partial charge in [0.25, 0.3) is 5.91 Å². The molecule has 0 fully saturated rings. The van der Waals surface area contributed by atoms with E-state index in [1.54, 1.807) is 0 Å². The van der Waals surface area contributed by atoms with Gasteiger partial charge in [0.1, 0.15) is 22.1 Å². The second-order valence-electron chi connectivity index (χ2n) is 7.13. The minimum absolute atomic E-state index is 0.176. The number of halogens is 1. The van der Waals surface area contributed by atoms with Gasteiger partial charge in [-0.05, 0) is 61.7 Å². The Bertz CT molecular complexity index is 1140. The molecule has 174 valence electrons. The predicted molar refractivity (Wildman–Crippen MR) is 135 cm³/mol. The van der Waals surface area contributed by atoms with Gasteiger partial charge in [-0.3, -0.25) is 4.79 Å². The molecule has 33 heavy (non-hydrogen) atoms. The fraction of sp³-hybridized carbons (Fsp3) is 0.280. The minimum Gasteiger partial charge on any atom is -0.494 e. The highest BCUT2D eigenvalue weighted by molar-refractivity contribution is 9.10. The van der Waals surface area contributed by atoms with E-state index in [2.05, 4.69) is 21.2 Å². The first kappa shape index (κ1) is 24.8. The topological polar surface area (TPSA) is 73.9 Å². The molecular weight excluding hydrogens is 506 g/mol. The van der Waals surface area contributed by atoms with E-state index in [4.69, 9.17) is 14.2 Å². The molecule has 3 rings (SSSR count). The first-order valence-electron chi connectivity index (χ1n) is 10.5. The highest BCUT2D eigenvalue weighted by Crippen LogP contribution is 2.40. The number of hydrogen-bond acceptors (Lipinski definition) is 6. The third kappa shape index (κ3) is 5.94. The van der Waals surface area contributed by atoms with E-state index in [0.717, 1.165) is 38.2 Å². The number of rotatable bonds is 9. The molecule has 0 atom stereocenters. The summed E-state index contributed by atoms with van der Waals surface area (Å²) in [4.78, 5) is 26.2. The molecule has 6 nitrogen and oxygen atoms in total. The van der Waals surface area contributed by atoms with Crippen LogP contribution >= 0.6 is 27.3 Å². The number of nitrogens with one attached hydrogen (secondary N) is 1. The third-order valence-corrected chi connectivity index (χ3v) is 6.46. The number of thiophene rings is 1. The standard InChI is InChI=1S/C25H26BrNO5S/c1-5-16-13-18(26)9-12-20(16)32-14-21(28)27-24-23(25(29)30-4)22(15(3)33-24)17-7-10-19(11-8-17)31-6-2/h7-13H,5-6,14H2,1-4H3,(H,27,28). The van der Waals surface area contributed by atoms with Crippen molar-refractivity contribution < 1.29 is 23.8 Å². The Morgan fingerprint density at radius 3 is 2.42 bits per heavy atom. The van der Waals surface area contributed by atoms with Crippen LogP contribution in [-0.4, -0.2) is 32.2 Å². The molecular formula is C25H26BrNO5S. The van der Waals surface area contributed by atoms with E-state index in [9.17, 15) is 9.59 Å². The molecule has 0 unspecified atom stereocenters. The molecule has 3 aromatic rings. The Kier molecular flexibility index (Phi) is 8.52. The van der Waals surface area contributed by atoms with Crippen molar-refractivity contribution in [1.29, 1.82) is 0 Å². The van der Waals surface area contributed by atoms with Crippen LogP contribution in [0.3, 0.4) is 0 Å². The maximum Gasteiger partial charge on any atom is 0.341 e. The lowest BCUT2D eigenvalue weighted by Crippen LogP contribution is -2.21. The number of ether oxygens (including phenoxy) is 3. The Morgan fingerprint density at radius 2 is 1.79 bits per heavy atom. The molecule has 1 heterocycles. The number of carbonyl (C=O) groups is 2. The van der Waals surface area contributed by atoms with Crippen LogP contribution in [-0.2, 0) is 16.0 Å². The molecule has 8 heteroatoms. The zero-order chi connectivity index (χ0) is 24.0. The summed E-state index contributed by atoms with van der Waals surface area (Å²) in [5.74, 6) is 0.533. The van der Waals surface area contributed by atoms with Crippen molar-refractivity contribution in [3.63, 3.8) is 0 Å². The number of methoxy groups -OCH3 is 1. The van der Waals surface area contributed by atoms with Crippen molar-refractivity contribution in [3.8, 4) is 22.6 Å². The second-order valence-corrected chi connectivity index (χ2v) is 9.27. The lowest BCUT2D eigenvalue weighted by molar-refractivity contribution is -0.118. The molecule has 0 radical (unpaired) electrons. The van der Waals surface area contributed by atoms with Crippen molar-refractivity contribution in [2.24, 2.45) is 0 Å². The normalized spacial score (nSPS) is 10.6. The Hall–Kier alpha value is -2.84. The molecule has 0 aliphatic rings. The quantitative estimate of drug-likeness (QED) is 0.330. The van der Waals surface area contributed by atoms with Gasteiger partial charge in [-0.2, -0.15) is 0 Å². The number of esters is 1. The Morgan fingerprint density at radius 1 is 1.06 bits per heavy atom. The average Bonchev–Trinajstić information content (AvgIpc) is 3.13. The van der Waals surface area contributed by atoms with Gasteiger partial charge in [-0.15, -0.1) is 11.3 Å². The van der Waals surface area contributed by atoms with Gasteiger partial charge in [0.15, 0.2) is 6.61 Å². The van der Waals surface area contributed by atoms with Crippen molar-refractivity contribution in [2.75, 3.05) is 25.6 Å². The zero-order valence-electron chi connectivity index (χ0n) is 19.0. The van der Waals surface area contributed by atoms with Crippen LogP contribution < -0.4 is 14.8 Å². The Labute approximate surface area is 206 Å². The van der Waals surface area contributed by atoms with Crippen molar-refractivity contribution in [2.45, 2.75) is 27.2 Å². The monoisotopic (exact) mass is 531 g/mol. The van der Waals surface area contributed by atoms with Gasteiger partial charge in [0.2, 0.25) is 0 Å². The third-order valence-electron chi connectivity index (χ3n) is 4.94. The summed E-state index contributed by atoms with van der Waals surface area (Å²) in [6.07, 6.45) is 0.776. The molecule has 0 saturated heterocycles. The highest BCUT2D eigenvalue weighted by Gasteiger charge is 2.25. The smallest absolute Gasteiger partial charge is 0.341 e. The first-order valence-corrected chi connectivity index (χ1v) is 12.1. The first-order chi connectivity index (χ1) is 15.9. The van der Waals surface area contributed by atoms with Crippen LogP contribution in [0.5, 0.6) is 11.5 Å². The molecule has 1 amide bonds. The van der Waals surface area contributed by atoms with Gasteiger partial charge >= 0.3 is 5.97 Å². The molecule has 0 saturated carbocycles. The zero-order valence-corrected chi connectivity index (χ0v) is 21.4. The SMILES string of the molecule is CCOc1ccc(-c2c(C)sc(NC(=O)COc3ccc(Br)cc3CC)c2C(=O)OC)cc1. The van der Waals surface area contributed by atoms with Crippen LogP contribution in [0, 0.1) is 6.92 Å². The van der Waals surface area contributed by atoms with Gasteiger partial charge in [0.05, 0.1) is 13.7 Å². The molecule has 0 bridgehead atoms. The molecule has 0 aliphatic carbocycles. The molecule has 1 N–H and O–H groups in total. The fourth-order valence-corrected chi connectivity index (χ4v) is 4.92. The number of carbonyl (C=O) groups excluding carboxylic acids is 2. The Balaban J connectivity index is 1.83. The molecule has 2 aromatic carbocycles. The molecule has 0 spiro atoms. The number of amides is 1. The highest BCUT2D eigenvalue weighted by atomic mass is 79.9. The fourth-order valence-electron chi connectivity index (χ4n) is 3.43. The maximum atomic E-state index is 12.7. The number of hydrogen-bond donors (Lipinski definition) is 1. The summed E-state index contributed by atoms with van der Waals surface area (Å²) in [7, 11) is 1.33. The van der Waals surface area contributed by atoms with Gasteiger partial charge < -0.3 is 19.5 Å². The minimum atomic E-state index is -0.513. The number of anilines is 1. The summed E-state index contributed by atoms with van der Waals surface area (Å²) in [5.41, 5.74) is 2.90. The van der Waals surface area contributed by atoms with Crippen LogP contribution in [0.25, 0.3) is 11.1 Å². The van der Waals surface area contributed by atoms with E-state index >= 15 is 0 Å². The molecule has 1 aromatic heterocycles. The number of benzene rings is 2. The predicted octanol–water partition coefficient (Wildman–Crippen LogP) is 6.25. The van der Waals surface area contributed by atoms with E-state index in [1.807, 2.05) is 63.2 Å². The van der Waals surface area contributed by atoms with E-state index in [1.165, 1.54) is 18.4 Å². The van der Waals surface area contributed by atoms with Crippen molar-refractivity contribution in [1.82, 2.24) is 0 Å². The largest absolute Gasteiger partial charge is 0.494 e. The van der Waals surface area contributed by atoms with Gasteiger partial charge in [0, 0.05) is 14.9 Å². The molecule has 0 aliphatic heterocycles. The maximum absolute atomic E-state index is 12.7. The lowest BCUT2D eigenvalue weighted by Gasteiger charge is -2.12. The second kappa shape index (κ2) is 11.3. The van der Waals surface area contributed by atoms with Crippen molar-refractivity contribution in [3.05, 3.63) is 62.9 Å². The van der Waals surface area contributed by atoms with Gasteiger partial charge in [-0.1, -0.05) is 35.0 Å². The van der Waals surface area contributed by atoms with Crippen LogP contribution in [0.15, 0.2) is 46.9 Å². The van der Waals surface area contributed by atoms with E-state index in [-0.39, 0.29) is 12.5 Å². The lowest BCUT2D eigenvalue weighted by atomic mass is 10.0. The summed E-state index contributed by atoms with van der Waals surface area (Å²) in [5, 5.41) is 3.26. The van der Waals surface area contributed by atoms with Crippen molar-refractivity contribution >= 4 is 44.1 Å². The van der Waals surface area contributed by atoms with E-state index in [0.29, 0.717) is 22.9 Å². The number of aryl methyl sites for hydroxylation is 2.